The van der Waals surface area contributed by atoms with E-state index in [0.29, 0.717) is 11.7 Å². The van der Waals surface area contributed by atoms with Crippen LogP contribution in [0.4, 0.5) is 5.69 Å². The zero-order valence-corrected chi connectivity index (χ0v) is 24.5. The first-order valence-electron chi connectivity index (χ1n) is 11.4. The lowest BCUT2D eigenvalue weighted by atomic mass is 9.84. The quantitative estimate of drug-likeness (QED) is 0.465. The normalized spacial score (nSPS) is 17.9. The molecule has 0 radical (unpaired) electrons. The third-order valence-corrected chi connectivity index (χ3v) is 10.1. The standard InChI is InChI=1S/C23H35N5O5S3/c1-13(2)14-10-16(33-11-14)18(22(3,4)5)25-20-19(26-35(30)27-20)24-15-12-34-21(17(15)29)36(31,32)28(9)23(6,7)8/h10-13,18,29H,1-9H3,(H,24,26)(H,25,27)/t18-,35?/m0/s1. The number of amidine groups is 2. The van der Waals surface area contributed by atoms with E-state index in [1.54, 1.807) is 27.0 Å². The summed E-state index contributed by atoms with van der Waals surface area (Å²) in [5.74, 6) is 0.901. The van der Waals surface area contributed by atoms with Crippen LogP contribution < -0.4 is 10.6 Å². The highest BCUT2D eigenvalue weighted by molar-refractivity contribution is 7.91. The molecule has 36 heavy (non-hydrogen) atoms. The highest BCUT2D eigenvalue weighted by atomic mass is 32.2. The van der Waals surface area contributed by atoms with Crippen molar-refractivity contribution in [3.05, 3.63) is 29.0 Å². The maximum atomic E-state index is 13.1. The molecule has 0 saturated heterocycles. The summed E-state index contributed by atoms with van der Waals surface area (Å²) in [7, 11) is -2.48. The SMILES string of the molecule is CC(C)c1coc([C@H](NC2=NS(=O)N=C2Nc2csc(S(=O)(=O)N(C)C(C)(C)C)c2O)C(C)(C)C)c1. The molecule has 1 unspecified atom stereocenters. The van der Waals surface area contributed by atoms with Crippen molar-refractivity contribution in [2.75, 3.05) is 12.4 Å². The molecule has 3 N–H and O–H groups in total. The van der Waals surface area contributed by atoms with Gasteiger partial charge in [-0.2, -0.15) is 4.31 Å². The van der Waals surface area contributed by atoms with Gasteiger partial charge in [0.05, 0.1) is 18.0 Å². The number of thiophene rings is 1. The Kier molecular flexibility index (Phi) is 7.81. The molecule has 10 nitrogen and oxygen atoms in total. The zero-order chi connectivity index (χ0) is 27.2. The molecule has 0 aliphatic carbocycles. The first-order chi connectivity index (χ1) is 16.4. The van der Waals surface area contributed by atoms with Crippen LogP contribution in [0.15, 0.2) is 35.1 Å². The van der Waals surface area contributed by atoms with Crippen molar-refractivity contribution in [3.63, 3.8) is 0 Å². The average Bonchev–Trinajstić information content (AvgIpc) is 3.44. The Morgan fingerprint density at radius 2 is 1.75 bits per heavy atom. The molecule has 200 valence electrons. The maximum Gasteiger partial charge on any atom is 0.269 e. The lowest BCUT2D eigenvalue weighted by molar-refractivity contribution is 0.264. The van der Waals surface area contributed by atoms with Crippen LogP contribution in [0.1, 0.15) is 78.7 Å². The molecule has 1 aliphatic rings. The molecule has 1 aliphatic heterocycles. The van der Waals surface area contributed by atoms with Crippen molar-refractivity contribution in [1.82, 2.24) is 9.62 Å². The topological polar surface area (TPSA) is 137 Å². The van der Waals surface area contributed by atoms with Crippen molar-refractivity contribution in [3.8, 4) is 5.75 Å². The average molecular weight is 558 g/mol. The van der Waals surface area contributed by atoms with Crippen molar-refractivity contribution < 1.29 is 22.2 Å². The third kappa shape index (κ3) is 5.84. The Hall–Kier alpha value is -2.22. The summed E-state index contributed by atoms with van der Waals surface area (Å²) in [6, 6.07) is 1.65. The van der Waals surface area contributed by atoms with Gasteiger partial charge in [-0.15, -0.1) is 20.1 Å². The fourth-order valence-electron chi connectivity index (χ4n) is 3.33. The Labute approximate surface area is 219 Å². The molecule has 0 amide bonds. The number of furan rings is 1. The molecule has 0 saturated carbocycles. The van der Waals surface area contributed by atoms with Crippen LogP contribution in [-0.4, -0.2) is 46.3 Å². The molecule has 3 rings (SSSR count). The summed E-state index contributed by atoms with van der Waals surface area (Å²) in [4.78, 5) is 0. The number of nitrogens with one attached hydrogen (secondary N) is 2. The van der Waals surface area contributed by atoms with Crippen LogP contribution in [0.5, 0.6) is 5.75 Å². The Bertz CT molecular complexity index is 1310. The molecule has 3 heterocycles. The van der Waals surface area contributed by atoms with E-state index in [1.807, 2.05) is 26.8 Å². The Balaban J connectivity index is 1.89. The highest BCUT2D eigenvalue weighted by Gasteiger charge is 2.36. The van der Waals surface area contributed by atoms with E-state index in [2.05, 4.69) is 33.3 Å². The smallest absolute Gasteiger partial charge is 0.269 e. The second-order valence-corrected chi connectivity index (χ2v) is 14.9. The summed E-state index contributed by atoms with van der Waals surface area (Å²) >= 11 is -0.994. The minimum Gasteiger partial charge on any atom is -0.504 e. The van der Waals surface area contributed by atoms with E-state index in [1.165, 1.54) is 16.7 Å². The minimum atomic E-state index is -3.94. The van der Waals surface area contributed by atoms with Crippen molar-refractivity contribution in [2.24, 2.45) is 14.2 Å². The number of aromatic hydroxyl groups is 1. The number of hydrogen-bond donors (Lipinski definition) is 3. The van der Waals surface area contributed by atoms with Crippen LogP contribution >= 0.6 is 11.3 Å². The van der Waals surface area contributed by atoms with Gasteiger partial charge in [0, 0.05) is 18.0 Å². The number of anilines is 1. The molecular weight excluding hydrogens is 522 g/mol. The van der Waals surface area contributed by atoms with Gasteiger partial charge in [0.15, 0.2) is 21.6 Å². The van der Waals surface area contributed by atoms with E-state index in [9.17, 15) is 17.7 Å². The van der Waals surface area contributed by atoms with Gasteiger partial charge >= 0.3 is 0 Å². The molecule has 0 spiro atoms. The molecule has 2 aromatic rings. The van der Waals surface area contributed by atoms with E-state index >= 15 is 0 Å². The summed E-state index contributed by atoms with van der Waals surface area (Å²) < 4.78 is 53.3. The summed E-state index contributed by atoms with van der Waals surface area (Å²) in [5.41, 5.74) is 0.192. The van der Waals surface area contributed by atoms with Crippen LogP contribution in [0.2, 0.25) is 0 Å². The lowest BCUT2D eigenvalue weighted by Crippen LogP contribution is -2.42. The van der Waals surface area contributed by atoms with Crippen molar-refractivity contribution in [2.45, 2.75) is 77.1 Å². The van der Waals surface area contributed by atoms with Gasteiger partial charge in [-0.25, -0.2) is 12.6 Å². The van der Waals surface area contributed by atoms with E-state index < -0.39 is 32.5 Å². The lowest BCUT2D eigenvalue weighted by Gasteiger charge is -2.30. The monoisotopic (exact) mass is 557 g/mol. The van der Waals surface area contributed by atoms with Crippen molar-refractivity contribution >= 4 is 49.9 Å². The number of hydrogen-bond acceptors (Lipinski definition) is 8. The molecule has 0 bridgehead atoms. The first kappa shape index (κ1) is 28.4. The van der Waals surface area contributed by atoms with Gasteiger partial charge in [0.1, 0.15) is 5.76 Å². The highest BCUT2D eigenvalue weighted by Crippen LogP contribution is 2.41. The summed E-state index contributed by atoms with van der Waals surface area (Å²) in [5, 5.41) is 18.4. The van der Waals surface area contributed by atoms with Crippen LogP contribution in [-0.2, 0) is 21.2 Å². The van der Waals surface area contributed by atoms with E-state index in [0.717, 1.165) is 16.9 Å². The minimum absolute atomic E-state index is 0.124. The van der Waals surface area contributed by atoms with Gasteiger partial charge in [-0.05, 0) is 43.7 Å². The molecule has 2 aromatic heterocycles. The Morgan fingerprint density at radius 1 is 1.14 bits per heavy atom. The first-order valence-corrected chi connectivity index (χ1v) is 14.8. The number of sulfonamides is 1. The van der Waals surface area contributed by atoms with Crippen LogP contribution in [0.3, 0.4) is 0 Å². The van der Waals surface area contributed by atoms with Gasteiger partial charge in [0.2, 0.25) is 0 Å². The second-order valence-electron chi connectivity index (χ2n) is 11.0. The largest absolute Gasteiger partial charge is 0.504 e. The Morgan fingerprint density at radius 3 is 2.28 bits per heavy atom. The van der Waals surface area contributed by atoms with Gasteiger partial charge < -0.3 is 20.2 Å². The van der Waals surface area contributed by atoms with E-state index in [-0.39, 0.29) is 33.0 Å². The number of rotatable bonds is 6. The molecule has 0 aromatic carbocycles. The van der Waals surface area contributed by atoms with E-state index in [4.69, 9.17) is 4.42 Å². The molecule has 13 heteroatoms. The fourth-order valence-corrected chi connectivity index (χ4v) is 6.86. The number of nitrogens with zero attached hydrogens (tertiary/aromatic N) is 3. The second kappa shape index (κ2) is 9.92. The fraction of sp³-hybridized carbons (Fsp3) is 0.565. The van der Waals surface area contributed by atoms with Gasteiger partial charge in [-0.1, -0.05) is 34.6 Å². The summed E-state index contributed by atoms with van der Waals surface area (Å²) in [6.45, 7) is 15.5. The predicted octanol–water partition coefficient (Wildman–Crippen LogP) is 4.77. The summed E-state index contributed by atoms with van der Waals surface area (Å²) in [6.07, 6.45) is 1.72. The van der Waals surface area contributed by atoms with Crippen molar-refractivity contribution in [1.29, 1.82) is 0 Å². The van der Waals surface area contributed by atoms with Crippen LogP contribution in [0.25, 0.3) is 0 Å². The van der Waals surface area contributed by atoms with Crippen LogP contribution in [0, 0.1) is 5.41 Å². The predicted molar refractivity (Wildman–Crippen MR) is 145 cm³/mol. The van der Waals surface area contributed by atoms with Gasteiger partial charge in [0.25, 0.3) is 21.2 Å². The zero-order valence-electron chi connectivity index (χ0n) is 22.0. The third-order valence-electron chi connectivity index (χ3n) is 5.83. The molecule has 0 fully saturated rings. The van der Waals surface area contributed by atoms with Gasteiger partial charge in [-0.3, -0.25) is 0 Å². The maximum absolute atomic E-state index is 13.1. The molecular formula is C23H35N5O5S3. The molecule has 2 atom stereocenters.